The topological polar surface area (TPSA) is 101 Å². The van der Waals surface area contributed by atoms with Gasteiger partial charge in [-0.05, 0) is 25.7 Å². The summed E-state index contributed by atoms with van der Waals surface area (Å²) in [4.78, 5) is 31.7. The number of nitrogens with one attached hydrogen (secondary N) is 1. The first-order valence-corrected chi connectivity index (χ1v) is 6.84. The van der Waals surface area contributed by atoms with Gasteiger partial charge in [-0.25, -0.2) is 4.98 Å². The fourth-order valence-electron chi connectivity index (χ4n) is 2.76. The average molecular weight is 293 g/mol. The fourth-order valence-corrected chi connectivity index (χ4v) is 2.76. The molecule has 1 saturated carbocycles. The van der Waals surface area contributed by atoms with Gasteiger partial charge in [-0.3, -0.25) is 14.9 Å². The normalized spacial score (nSPS) is 24.6. The van der Waals surface area contributed by atoms with E-state index in [0.717, 1.165) is 0 Å². The maximum Gasteiger partial charge on any atom is 0.307 e. The molecular weight excluding hydrogens is 274 g/mol. The summed E-state index contributed by atoms with van der Waals surface area (Å²) in [6.07, 6.45) is 1.08. The molecule has 1 aliphatic carbocycles. The molecule has 0 aromatic carbocycles. The van der Waals surface area contributed by atoms with Crippen LogP contribution in [0.5, 0.6) is 5.88 Å². The molecule has 1 fully saturated rings. The molecule has 7 nitrogen and oxygen atoms in total. The molecule has 1 aliphatic rings. The van der Waals surface area contributed by atoms with Crippen molar-refractivity contribution < 1.29 is 19.4 Å². The van der Waals surface area contributed by atoms with Crippen LogP contribution in [0.25, 0.3) is 0 Å². The zero-order chi connectivity index (χ0) is 15.6. The quantitative estimate of drug-likeness (QED) is 0.872. The third kappa shape index (κ3) is 3.48. The number of aryl methyl sites for hydroxylation is 1. The molecule has 1 aromatic rings. The number of rotatable bonds is 4. The molecule has 3 atom stereocenters. The van der Waals surface area contributed by atoms with Crippen LogP contribution in [0, 0.1) is 24.7 Å². The molecule has 0 spiro atoms. The molecule has 2 rings (SSSR count). The highest BCUT2D eigenvalue weighted by Crippen LogP contribution is 2.37. The van der Waals surface area contributed by atoms with Gasteiger partial charge in [0.2, 0.25) is 17.7 Å². The summed E-state index contributed by atoms with van der Waals surface area (Å²) >= 11 is 0. The lowest BCUT2D eigenvalue weighted by Crippen LogP contribution is -2.30. The van der Waals surface area contributed by atoms with Crippen molar-refractivity contribution in [2.45, 2.75) is 26.7 Å². The SMILES string of the molecule is COc1cc(C)nc(NC(=O)C2CC(C)CC2C(=O)O)n1. The molecule has 0 bridgehead atoms. The molecule has 2 N–H and O–H groups in total. The van der Waals surface area contributed by atoms with Crippen LogP contribution in [0.4, 0.5) is 5.95 Å². The van der Waals surface area contributed by atoms with E-state index in [0.29, 0.717) is 24.4 Å². The number of carbonyl (C=O) groups is 2. The first-order chi connectivity index (χ1) is 9.90. The number of hydrogen-bond acceptors (Lipinski definition) is 5. The van der Waals surface area contributed by atoms with E-state index < -0.39 is 17.8 Å². The number of amides is 1. The number of ether oxygens (including phenoxy) is 1. The summed E-state index contributed by atoms with van der Waals surface area (Å²) in [5.74, 6) is -1.76. The van der Waals surface area contributed by atoms with E-state index in [1.807, 2.05) is 6.92 Å². The van der Waals surface area contributed by atoms with E-state index >= 15 is 0 Å². The Morgan fingerprint density at radius 1 is 1.33 bits per heavy atom. The number of hydrogen-bond donors (Lipinski definition) is 2. The van der Waals surface area contributed by atoms with Gasteiger partial charge in [0.15, 0.2) is 0 Å². The summed E-state index contributed by atoms with van der Waals surface area (Å²) in [6, 6.07) is 1.65. The lowest BCUT2D eigenvalue weighted by atomic mass is 9.95. The van der Waals surface area contributed by atoms with Crippen LogP contribution in [0.2, 0.25) is 0 Å². The molecule has 1 heterocycles. The molecule has 0 aliphatic heterocycles. The van der Waals surface area contributed by atoms with Crippen molar-refractivity contribution in [1.82, 2.24) is 9.97 Å². The molecule has 1 amide bonds. The second kappa shape index (κ2) is 6.07. The highest BCUT2D eigenvalue weighted by Gasteiger charge is 2.41. The summed E-state index contributed by atoms with van der Waals surface area (Å²) < 4.78 is 5.02. The molecule has 3 unspecified atom stereocenters. The summed E-state index contributed by atoms with van der Waals surface area (Å²) in [5, 5.41) is 11.8. The van der Waals surface area contributed by atoms with Crippen LogP contribution < -0.4 is 10.1 Å². The minimum atomic E-state index is -0.928. The minimum Gasteiger partial charge on any atom is -0.481 e. The third-order valence-electron chi connectivity index (χ3n) is 3.73. The maximum absolute atomic E-state index is 12.3. The van der Waals surface area contributed by atoms with Gasteiger partial charge in [-0.15, -0.1) is 0 Å². The Bertz CT molecular complexity index is 561. The van der Waals surface area contributed by atoms with Crippen molar-refractivity contribution in [1.29, 1.82) is 0 Å². The first-order valence-electron chi connectivity index (χ1n) is 6.84. The van der Waals surface area contributed by atoms with E-state index in [-0.39, 0.29) is 17.8 Å². The van der Waals surface area contributed by atoms with E-state index in [9.17, 15) is 14.7 Å². The van der Waals surface area contributed by atoms with Crippen molar-refractivity contribution >= 4 is 17.8 Å². The number of aromatic nitrogens is 2. The van der Waals surface area contributed by atoms with Gasteiger partial charge in [0.05, 0.1) is 18.9 Å². The molecule has 0 saturated heterocycles. The summed E-state index contributed by atoms with van der Waals surface area (Å²) in [7, 11) is 1.48. The standard InChI is InChI=1S/C14H19N3O4/c1-7-4-9(10(5-7)13(19)20)12(18)17-14-15-8(2)6-11(16-14)21-3/h6-7,9-10H,4-5H2,1-3H3,(H,19,20)(H,15,16,17,18). The zero-order valence-electron chi connectivity index (χ0n) is 12.3. The van der Waals surface area contributed by atoms with Crippen molar-refractivity contribution in [2.24, 2.45) is 17.8 Å². The Balaban J connectivity index is 2.14. The first kappa shape index (κ1) is 15.2. The van der Waals surface area contributed by atoms with Crippen LogP contribution >= 0.6 is 0 Å². The van der Waals surface area contributed by atoms with Crippen molar-refractivity contribution in [3.05, 3.63) is 11.8 Å². The van der Waals surface area contributed by atoms with Gasteiger partial charge in [0.1, 0.15) is 0 Å². The van der Waals surface area contributed by atoms with Gasteiger partial charge < -0.3 is 9.84 Å². The summed E-state index contributed by atoms with van der Waals surface area (Å²) in [6.45, 7) is 3.72. The maximum atomic E-state index is 12.3. The summed E-state index contributed by atoms with van der Waals surface area (Å²) in [5.41, 5.74) is 0.659. The molecule has 1 aromatic heterocycles. The molecule has 7 heteroatoms. The number of methoxy groups -OCH3 is 1. The van der Waals surface area contributed by atoms with Gasteiger partial charge in [0, 0.05) is 11.8 Å². The lowest BCUT2D eigenvalue weighted by molar-refractivity contribution is -0.145. The fraction of sp³-hybridized carbons (Fsp3) is 0.571. The lowest BCUT2D eigenvalue weighted by Gasteiger charge is -2.15. The molecule has 21 heavy (non-hydrogen) atoms. The Kier molecular flexibility index (Phi) is 4.40. The van der Waals surface area contributed by atoms with Crippen molar-refractivity contribution in [3.63, 3.8) is 0 Å². The number of carbonyl (C=O) groups excluding carboxylic acids is 1. The Morgan fingerprint density at radius 2 is 2.00 bits per heavy atom. The van der Waals surface area contributed by atoms with Gasteiger partial charge >= 0.3 is 5.97 Å². The molecule has 0 radical (unpaired) electrons. The van der Waals surface area contributed by atoms with Gasteiger partial charge in [-0.2, -0.15) is 4.98 Å². The zero-order valence-corrected chi connectivity index (χ0v) is 12.3. The monoisotopic (exact) mass is 293 g/mol. The van der Waals surface area contributed by atoms with Crippen LogP contribution in [0.1, 0.15) is 25.5 Å². The second-order valence-corrected chi connectivity index (χ2v) is 5.49. The van der Waals surface area contributed by atoms with Gasteiger partial charge in [-0.1, -0.05) is 6.92 Å². The number of nitrogens with zero attached hydrogens (tertiary/aromatic N) is 2. The van der Waals surface area contributed by atoms with Gasteiger partial charge in [0.25, 0.3) is 0 Å². The van der Waals surface area contributed by atoms with E-state index in [4.69, 9.17) is 4.74 Å². The van der Waals surface area contributed by atoms with E-state index in [1.54, 1.807) is 13.0 Å². The number of aliphatic carboxylic acids is 1. The minimum absolute atomic E-state index is 0.139. The smallest absolute Gasteiger partial charge is 0.307 e. The number of anilines is 1. The Hall–Kier alpha value is -2.18. The third-order valence-corrected chi connectivity index (χ3v) is 3.73. The Morgan fingerprint density at radius 3 is 2.62 bits per heavy atom. The Labute approximate surface area is 122 Å². The predicted molar refractivity (Wildman–Crippen MR) is 75.0 cm³/mol. The van der Waals surface area contributed by atoms with E-state index in [2.05, 4.69) is 15.3 Å². The molecular formula is C14H19N3O4. The van der Waals surface area contributed by atoms with E-state index in [1.165, 1.54) is 7.11 Å². The van der Waals surface area contributed by atoms with Crippen LogP contribution in [-0.4, -0.2) is 34.1 Å². The molecule has 114 valence electrons. The average Bonchev–Trinajstić information content (AvgIpc) is 2.80. The largest absolute Gasteiger partial charge is 0.481 e. The second-order valence-electron chi connectivity index (χ2n) is 5.49. The highest BCUT2D eigenvalue weighted by molar-refractivity contribution is 5.94. The van der Waals surface area contributed by atoms with Crippen LogP contribution in [0.3, 0.4) is 0 Å². The highest BCUT2D eigenvalue weighted by atomic mass is 16.5. The number of carboxylic acid groups (broad SMARTS) is 1. The van der Waals surface area contributed by atoms with Crippen molar-refractivity contribution in [3.8, 4) is 5.88 Å². The predicted octanol–water partition coefficient (Wildman–Crippen LogP) is 1.48. The van der Waals surface area contributed by atoms with Crippen LogP contribution in [0.15, 0.2) is 6.07 Å². The van der Waals surface area contributed by atoms with Crippen LogP contribution in [-0.2, 0) is 9.59 Å². The van der Waals surface area contributed by atoms with Crippen molar-refractivity contribution in [2.75, 3.05) is 12.4 Å². The number of carboxylic acids is 1.